The minimum absolute atomic E-state index is 0.0286. The van der Waals surface area contributed by atoms with Crippen LogP contribution in [0.3, 0.4) is 0 Å². The molecule has 0 aliphatic rings. The highest BCUT2D eigenvalue weighted by atomic mass is 127. The highest BCUT2D eigenvalue weighted by Gasteiger charge is 2.09. The summed E-state index contributed by atoms with van der Waals surface area (Å²) in [4.78, 5) is 12.6. The molecule has 0 atom stereocenters. The van der Waals surface area contributed by atoms with Crippen LogP contribution in [0.15, 0.2) is 89.4 Å². The number of hydrogen-bond donors (Lipinski definition) is 1. The van der Waals surface area contributed by atoms with Gasteiger partial charge in [0.25, 0.3) is 0 Å². The first-order chi connectivity index (χ1) is 12.1. The van der Waals surface area contributed by atoms with Gasteiger partial charge < -0.3 is 5.32 Å². The fourth-order valence-corrected chi connectivity index (χ4v) is 3.80. The molecule has 0 amide bonds. The van der Waals surface area contributed by atoms with Gasteiger partial charge in [-0.2, -0.15) is 0 Å². The lowest BCUT2D eigenvalue weighted by atomic mass is 10.1. The van der Waals surface area contributed by atoms with Gasteiger partial charge >= 0.3 is 0 Å². The van der Waals surface area contributed by atoms with Crippen LogP contribution >= 0.6 is 38.5 Å². The smallest absolute Gasteiger partial charge is 0.187 e. The van der Waals surface area contributed by atoms with Gasteiger partial charge in [-0.1, -0.05) is 76.6 Å². The Hall–Kier alpha value is -1.92. The molecule has 2 nitrogen and oxygen atoms in total. The van der Waals surface area contributed by atoms with E-state index in [-0.39, 0.29) is 5.78 Å². The van der Waals surface area contributed by atoms with Gasteiger partial charge in [0, 0.05) is 25.4 Å². The van der Waals surface area contributed by atoms with E-state index in [4.69, 9.17) is 0 Å². The lowest BCUT2D eigenvalue weighted by Crippen LogP contribution is -2.04. The number of carbonyl (C=O) groups is 1. The number of carbonyl (C=O) groups excluding carboxylic acids is 1. The summed E-state index contributed by atoms with van der Waals surface area (Å²) in [6.07, 6.45) is 1.66. The third-order valence-corrected chi connectivity index (χ3v) is 5.00. The predicted molar refractivity (Wildman–Crippen MR) is 116 cm³/mol. The second kappa shape index (κ2) is 8.45. The number of nitrogens with one attached hydrogen (secondary N) is 1. The van der Waals surface area contributed by atoms with E-state index in [1.54, 1.807) is 6.08 Å². The fraction of sp³-hybridized carbons (Fsp3) is 0. The monoisotopic (exact) mass is 503 g/mol. The van der Waals surface area contributed by atoms with Crippen molar-refractivity contribution in [3.05, 3.63) is 104 Å². The highest BCUT2D eigenvalue weighted by molar-refractivity contribution is 14.1. The molecule has 0 aliphatic carbocycles. The molecular formula is C21H15BrINO. The first-order valence-corrected chi connectivity index (χ1v) is 9.59. The number of ketones is 1. The van der Waals surface area contributed by atoms with Crippen molar-refractivity contribution in [2.75, 3.05) is 5.32 Å². The zero-order valence-corrected chi connectivity index (χ0v) is 17.0. The maximum Gasteiger partial charge on any atom is 0.187 e. The van der Waals surface area contributed by atoms with Crippen LogP contribution in [-0.4, -0.2) is 5.78 Å². The molecular weight excluding hydrogens is 489 g/mol. The van der Waals surface area contributed by atoms with Gasteiger partial charge in [0.15, 0.2) is 5.78 Å². The minimum atomic E-state index is -0.0286. The Bertz CT molecular complexity index is 908. The van der Waals surface area contributed by atoms with Crippen molar-refractivity contribution in [2.24, 2.45) is 0 Å². The van der Waals surface area contributed by atoms with E-state index in [0.717, 1.165) is 25.0 Å². The van der Waals surface area contributed by atoms with Crippen molar-refractivity contribution in [1.82, 2.24) is 0 Å². The second-order valence-corrected chi connectivity index (χ2v) is 7.48. The second-order valence-electron chi connectivity index (χ2n) is 5.40. The lowest BCUT2D eigenvalue weighted by Gasteiger charge is -2.13. The Balaban J connectivity index is 1.98. The number of rotatable bonds is 5. The van der Waals surface area contributed by atoms with Gasteiger partial charge in [-0.25, -0.2) is 0 Å². The van der Waals surface area contributed by atoms with Gasteiger partial charge in [-0.3, -0.25) is 4.79 Å². The molecule has 0 aromatic heterocycles. The molecule has 3 aromatic carbocycles. The Morgan fingerprint density at radius 3 is 2.08 bits per heavy atom. The number of hydrogen-bond acceptors (Lipinski definition) is 2. The molecule has 0 saturated heterocycles. The Morgan fingerprint density at radius 2 is 1.48 bits per heavy atom. The van der Waals surface area contributed by atoms with Gasteiger partial charge in [0.05, 0.1) is 5.69 Å². The summed E-state index contributed by atoms with van der Waals surface area (Å²) in [5.41, 5.74) is 3.36. The van der Waals surface area contributed by atoms with Crippen LogP contribution in [0.25, 0.3) is 5.70 Å². The maximum atomic E-state index is 12.6. The molecule has 1 N–H and O–H groups in total. The molecule has 3 aromatic rings. The van der Waals surface area contributed by atoms with Crippen LogP contribution in [0.2, 0.25) is 0 Å². The van der Waals surface area contributed by atoms with Crippen LogP contribution in [0.5, 0.6) is 0 Å². The zero-order chi connectivity index (χ0) is 17.6. The van der Waals surface area contributed by atoms with Gasteiger partial charge in [-0.15, -0.1) is 0 Å². The highest BCUT2D eigenvalue weighted by Crippen LogP contribution is 2.26. The molecule has 124 valence electrons. The van der Waals surface area contributed by atoms with Gasteiger partial charge in [0.2, 0.25) is 0 Å². The van der Waals surface area contributed by atoms with Crippen molar-refractivity contribution in [1.29, 1.82) is 0 Å². The predicted octanol–water partition coefficient (Wildman–Crippen LogP) is 6.39. The van der Waals surface area contributed by atoms with E-state index >= 15 is 0 Å². The summed E-state index contributed by atoms with van der Waals surface area (Å²) in [6, 6.07) is 25.2. The summed E-state index contributed by atoms with van der Waals surface area (Å²) in [6.45, 7) is 0. The number of benzene rings is 3. The van der Waals surface area contributed by atoms with Crippen molar-refractivity contribution >= 4 is 55.7 Å². The Kier molecular flexibility index (Phi) is 6.04. The van der Waals surface area contributed by atoms with Crippen molar-refractivity contribution in [2.45, 2.75) is 0 Å². The van der Waals surface area contributed by atoms with E-state index in [2.05, 4.69) is 43.8 Å². The molecule has 25 heavy (non-hydrogen) atoms. The van der Waals surface area contributed by atoms with Crippen molar-refractivity contribution in [3.8, 4) is 0 Å². The topological polar surface area (TPSA) is 29.1 Å². The fourth-order valence-electron chi connectivity index (χ4n) is 2.36. The third-order valence-electron chi connectivity index (χ3n) is 3.62. The quantitative estimate of drug-likeness (QED) is 0.248. The van der Waals surface area contributed by atoms with E-state index in [0.29, 0.717) is 5.56 Å². The average Bonchev–Trinajstić information content (AvgIpc) is 2.64. The van der Waals surface area contributed by atoms with E-state index in [1.165, 1.54) is 0 Å². The van der Waals surface area contributed by atoms with Gasteiger partial charge in [-0.05, 0) is 46.4 Å². The number of allylic oxidation sites excluding steroid dienone is 1. The third kappa shape index (κ3) is 4.80. The first-order valence-electron chi connectivity index (χ1n) is 7.72. The molecule has 3 rings (SSSR count). The summed E-state index contributed by atoms with van der Waals surface area (Å²) in [5, 5.41) is 3.40. The summed E-state index contributed by atoms with van der Waals surface area (Å²) >= 11 is 5.76. The Labute approximate surface area is 169 Å². The van der Waals surface area contributed by atoms with Crippen molar-refractivity contribution < 1.29 is 4.79 Å². The Morgan fingerprint density at radius 1 is 0.880 bits per heavy atom. The van der Waals surface area contributed by atoms with E-state index < -0.39 is 0 Å². The summed E-state index contributed by atoms with van der Waals surface area (Å²) in [5.74, 6) is -0.0286. The van der Waals surface area contributed by atoms with Crippen molar-refractivity contribution in [3.63, 3.8) is 0 Å². The zero-order valence-electron chi connectivity index (χ0n) is 13.2. The summed E-state index contributed by atoms with van der Waals surface area (Å²) < 4.78 is 2.09. The molecule has 0 unspecified atom stereocenters. The molecule has 0 bridgehead atoms. The maximum absolute atomic E-state index is 12.6. The van der Waals surface area contributed by atoms with Crippen LogP contribution in [-0.2, 0) is 0 Å². The molecule has 4 heteroatoms. The summed E-state index contributed by atoms with van der Waals surface area (Å²) in [7, 11) is 0. The average molecular weight is 504 g/mol. The van der Waals surface area contributed by atoms with Gasteiger partial charge in [0.1, 0.15) is 0 Å². The van der Waals surface area contributed by atoms with Crippen LogP contribution in [0, 0.1) is 3.57 Å². The molecule has 0 spiro atoms. The molecule has 0 heterocycles. The van der Waals surface area contributed by atoms with E-state index in [9.17, 15) is 4.79 Å². The normalized spacial score (nSPS) is 11.2. The molecule has 0 aliphatic heterocycles. The van der Waals surface area contributed by atoms with Crippen LogP contribution in [0.1, 0.15) is 15.9 Å². The van der Waals surface area contributed by atoms with E-state index in [1.807, 2.05) is 78.9 Å². The van der Waals surface area contributed by atoms with Crippen LogP contribution in [0.4, 0.5) is 5.69 Å². The number of anilines is 1. The lowest BCUT2D eigenvalue weighted by molar-refractivity contribution is 0.104. The largest absolute Gasteiger partial charge is 0.354 e. The standard InChI is InChI=1S/C21H15BrINO/c22-17-11-12-19(18(23)13-17)24-20(15-7-3-1-4-8-15)14-21(25)16-9-5-2-6-10-16/h1-14,24H/b20-14+. The molecule has 0 saturated carbocycles. The SMILES string of the molecule is O=C(/C=C(/Nc1ccc(Br)cc1I)c1ccccc1)c1ccccc1. The number of halogens is 2. The van der Waals surface area contributed by atoms with Crippen LogP contribution < -0.4 is 5.32 Å². The molecule has 0 radical (unpaired) electrons. The minimum Gasteiger partial charge on any atom is -0.354 e. The molecule has 0 fully saturated rings. The first kappa shape index (κ1) is 17.9.